The van der Waals surface area contributed by atoms with Gasteiger partial charge in [-0.3, -0.25) is 0 Å². The van der Waals surface area contributed by atoms with Crippen molar-refractivity contribution in [2.45, 2.75) is 0 Å². The SMILES string of the molecule is c1ccc(-n2c3ccccc3c3ccc(N(c4ccc(-c5cc6ccccc6c6ccccc56)cc4)c4ccc5sc6ccccc6c5c4)cc32)cc1. The van der Waals surface area contributed by atoms with Gasteiger partial charge in [0.1, 0.15) is 0 Å². The van der Waals surface area contributed by atoms with Gasteiger partial charge in [0.05, 0.1) is 11.0 Å². The zero-order valence-electron chi connectivity index (χ0n) is 28.8. The number of hydrogen-bond donors (Lipinski definition) is 0. The van der Waals surface area contributed by atoms with E-state index in [1.807, 2.05) is 11.3 Å². The van der Waals surface area contributed by atoms with Gasteiger partial charge in [0.2, 0.25) is 0 Å². The summed E-state index contributed by atoms with van der Waals surface area (Å²) >= 11 is 1.86. The van der Waals surface area contributed by atoms with Crippen LogP contribution in [-0.2, 0) is 0 Å². The van der Waals surface area contributed by atoms with Crippen LogP contribution < -0.4 is 4.90 Å². The van der Waals surface area contributed by atoms with E-state index in [0.717, 1.165) is 22.7 Å². The molecule has 0 amide bonds. The van der Waals surface area contributed by atoms with Crippen molar-refractivity contribution < 1.29 is 0 Å². The Morgan fingerprint density at radius 1 is 0.358 bits per heavy atom. The Morgan fingerprint density at radius 2 is 0.962 bits per heavy atom. The molecule has 53 heavy (non-hydrogen) atoms. The van der Waals surface area contributed by atoms with Crippen LogP contribution in [0.1, 0.15) is 0 Å². The number of hydrogen-bond acceptors (Lipinski definition) is 2. The number of aromatic nitrogens is 1. The van der Waals surface area contributed by atoms with E-state index in [9.17, 15) is 0 Å². The number of rotatable bonds is 5. The molecule has 9 aromatic carbocycles. The fourth-order valence-electron chi connectivity index (χ4n) is 8.34. The van der Waals surface area contributed by atoms with Crippen molar-refractivity contribution in [2.24, 2.45) is 0 Å². The largest absolute Gasteiger partial charge is 0.310 e. The Labute approximate surface area is 311 Å². The monoisotopic (exact) mass is 692 g/mol. The van der Waals surface area contributed by atoms with Crippen LogP contribution in [-0.4, -0.2) is 4.57 Å². The molecule has 0 unspecified atom stereocenters. The van der Waals surface area contributed by atoms with Crippen molar-refractivity contribution in [3.05, 3.63) is 194 Å². The molecule has 0 aliphatic carbocycles. The molecular formula is C50H32N2S. The van der Waals surface area contributed by atoms with Crippen LogP contribution in [0.4, 0.5) is 17.1 Å². The fourth-order valence-corrected chi connectivity index (χ4v) is 9.42. The first-order valence-electron chi connectivity index (χ1n) is 18.1. The molecule has 0 fully saturated rings. The van der Waals surface area contributed by atoms with E-state index < -0.39 is 0 Å². The zero-order chi connectivity index (χ0) is 34.9. The third kappa shape index (κ3) is 4.78. The third-order valence-electron chi connectivity index (χ3n) is 10.8. The van der Waals surface area contributed by atoms with Crippen LogP contribution >= 0.6 is 11.3 Å². The molecule has 0 aliphatic heterocycles. The first-order valence-corrected chi connectivity index (χ1v) is 18.9. The normalized spacial score (nSPS) is 11.8. The van der Waals surface area contributed by atoms with Crippen molar-refractivity contribution in [3.8, 4) is 16.8 Å². The minimum absolute atomic E-state index is 1.11. The highest BCUT2D eigenvalue weighted by Crippen LogP contribution is 2.44. The molecule has 0 bridgehead atoms. The summed E-state index contributed by atoms with van der Waals surface area (Å²) in [6.45, 7) is 0. The molecule has 0 atom stereocenters. The van der Waals surface area contributed by atoms with Crippen molar-refractivity contribution in [1.29, 1.82) is 0 Å². The molecule has 2 aromatic heterocycles. The lowest BCUT2D eigenvalue weighted by Crippen LogP contribution is -2.10. The number of para-hydroxylation sites is 2. The van der Waals surface area contributed by atoms with Gasteiger partial charge in [-0.2, -0.15) is 0 Å². The second-order valence-corrected chi connectivity index (χ2v) is 14.8. The van der Waals surface area contributed by atoms with Gasteiger partial charge < -0.3 is 9.47 Å². The van der Waals surface area contributed by atoms with Gasteiger partial charge in [0.25, 0.3) is 0 Å². The minimum Gasteiger partial charge on any atom is -0.310 e. The topological polar surface area (TPSA) is 8.17 Å². The van der Waals surface area contributed by atoms with Crippen molar-refractivity contribution in [2.75, 3.05) is 4.90 Å². The fraction of sp³-hybridized carbons (Fsp3) is 0. The Hall–Kier alpha value is -6.68. The third-order valence-corrected chi connectivity index (χ3v) is 11.9. The van der Waals surface area contributed by atoms with Crippen LogP contribution in [0.5, 0.6) is 0 Å². The summed E-state index contributed by atoms with van der Waals surface area (Å²) in [5.74, 6) is 0. The highest BCUT2D eigenvalue weighted by molar-refractivity contribution is 7.25. The average Bonchev–Trinajstić information content (AvgIpc) is 3.76. The number of benzene rings is 9. The van der Waals surface area contributed by atoms with Gasteiger partial charge >= 0.3 is 0 Å². The average molecular weight is 693 g/mol. The van der Waals surface area contributed by atoms with Gasteiger partial charge in [0, 0.05) is 53.7 Å². The second-order valence-electron chi connectivity index (χ2n) is 13.7. The van der Waals surface area contributed by atoms with E-state index in [4.69, 9.17) is 0 Å². The molecule has 0 saturated heterocycles. The lowest BCUT2D eigenvalue weighted by molar-refractivity contribution is 1.18. The number of nitrogens with zero attached hydrogens (tertiary/aromatic N) is 2. The summed E-state index contributed by atoms with van der Waals surface area (Å²) in [7, 11) is 0. The maximum atomic E-state index is 2.42. The van der Waals surface area contributed by atoms with Gasteiger partial charge in [-0.05, 0) is 105 Å². The van der Waals surface area contributed by atoms with Crippen molar-refractivity contribution >= 4 is 91.9 Å². The summed E-state index contributed by atoms with van der Waals surface area (Å²) in [5, 5.41) is 10.2. The van der Waals surface area contributed by atoms with E-state index in [0.29, 0.717) is 0 Å². The molecule has 2 nitrogen and oxygen atoms in total. The van der Waals surface area contributed by atoms with Gasteiger partial charge in [-0.15, -0.1) is 11.3 Å². The van der Waals surface area contributed by atoms with Crippen LogP contribution in [0.3, 0.4) is 0 Å². The van der Waals surface area contributed by atoms with Gasteiger partial charge in [-0.1, -0.05) is 121 Å². The smallest absolute Gasteiger partial charge is 0.0561 e. The van der Waals surface area contributed by atoms with E-state index in [1.54, 1.807) is 0 Å². The standard InChI is InChI=1S/C50H32N2S/c1-2-13-35(14-3-1)52-47-20-10-8-18-42(47)43-28-26-38(32-48(43)52)51(37-27-29-50-46(31-37)44-19-9-11-21-49(44)53-50)36-24-22-33(23-25-36)45-30-34-12-4-5-15-39(34)40-16-6-7-17-41(40)45/h1-32H. The molecule has 0 aliphatic rings. The lowest BCUT2D eigenvalue weighted by Gasteiger charge is -2.26. The van der Waals surface area contributed by atoms with E-state index in [2.05, 4.69) is 204 Å². The summed E-state index contributed by atoms with van der Waals surface area (Å²) in [5.41, 5.74) is 9.34. The summed E-state index contributed by atoms with van der Waals surface area (Å²) in [6.07, 6.45) is 0. The molecule has 11 rings (SSSR count). The molecular weight excluding hydrogens is 661 g/mol. The predicted octanol–water partition coefficient (Wildman–Crippen LogP) is 14.6. The summed E-state index contributed by atoms with van der Waals surface area (Å²) in [6, 6.07) is 71.0. The molecule has 248 valence electrons. The highest BCUT2D eigenvalue weighted by Gasteiger charge is 2.19. The first-order chi connectivity index (χ1) is 26.3. The highest BCUT2D eigenvalue weighted by atomic mass is 32.1. The van der Waals surface area contributed by atoms with Crippen LogP contribution in [0.2, 0.25) is 0 Å². The lowest BCUT2D eigenvalue weighted by atomic mass is 9.93. The first kappa shape index (κ1) is 30.0. The van der Waals surface area contributed by atoms with Crippen molar-refractivity contribution in [1.82, 2.24) is 4.57 Å². The van der Waals surface area contributed by atoms with Gasteiger partial charge in [-0.25, -0.2) is 0 Å². The summed E-state index contributed by atoms with van der Waals surface area (Å²) < 4.78 is 5.01. The quantitative estimate of drug-likeness (QED) is 0.163. The number of anilines is 3. The van der Waals surface area contributed by atoms with Crippen LogP contribution in [0.15, 0.2) is 194 Å². The Balaban J connectivity index is 1.13. The molecule has 0 N–H and O–H groups in total. The molecule has 3 heteroatoms. The van der Waals surface area contributed by atoms with E-state index >= 15 is 0 Å². The van der Waals surface area contributed by atoms with Gasteiger partial charge in [0.15, 0.2) is 0 Å². The maximum absolute atomic E-state index is 2.42. The molecule has 0 saturated carbocycles. The number of fused-ring (bicyclic) bond motifs is 9. The Kier molecular flexibility index (Phi) is 6.76. The summed E-state index contributed by atoms with van der Waals surface area (Å²) in [4.78, 5) is 2.42. The van der Waals surface area contributed by atoms with E-state index in [-0.39, 0.29) is 0 Å². The van der Waals surface area contributed by atoms with E-state index in [1.165, 1.54) is 74.6 Å². The minimum atomic E-state index is 1.11. The Bertz CT molecular complexity index is 3170. The predicted molar refractivity (Wildman–Crippen MR) is 229 cm³/mol. The van der Waals surface area contributed by atoms with Crippen molar-refractivity contribution in [3.63, 3.8) is 0 Å². The maximum Gasteiger partial charge on any atom is 0.0561 e. The molecule has 11 aromatic rings. The molecule has 2 heterocycles. The molecule has 0 radical (unpaired) electrons. The van der Waals surface area contributed by atoms with Crippen LogP contribution in [0.25, 0.3) is 80.3 Å². The zero-order valence-corrected chi connectivity index (χ0v) is 29.6. The second kappa shape index (κ2) is 11.9. The van der Waals surface area contributed by atoms with Crippen LogP contribution in [0, 0.1) is 0 Å². The number of thiophene rings is 1. The molecule has 0 spiro atoms. The Morgan fingerprint density at radius 3 is 1.81 bits per heavy atom.